The largest absolute Gasteiger partial charge is 0.379 e. The molecule has 2 N–H and O–H groups in total. The molecule has 1 fully saturated rings. The zero-order chi connectivity index (χ0) is 16.2. The van der Waals surface area contributed by atoms with Gasteiger partial charge in [-0.05, 0) is 0 Å². The van der Waals surface area contributed by atoms with Crippen LogP contribution < -0.4 is 10.6 Å². The number of rotatable bonds is 4. The number of ether oxygens (including phenoxy) is 2. The van der Waals surface area contributed by atoms with Crippen molar-refractivity contribution in [3.8, 4) is 0 Å². The molecule has 0 atom stereocenters. The van der Waals surface area contributed by atoms with Crippen LogP contribution in [0.2, 0.25) is 0 Å². The number of hydrogen-bond donors (Lipinski definition) is 2. The zero-order valence-corrected chi connectivity index (χ0v) is 13.6. The number of carbonyl (C=O) groups excluding carboxylic acids is 2. The van der Waals surface area contributed by atoms with Crippen molar-refractivity contribution < 1.29 is 19.1 Å². The molecule has 22 heavy (non-hydrogen) atoms. The van der Waals surface area contributed by atoms with Gasteiger partial charge in [0.2, 0.25) is 11.8 Å². The first-order valence-corrected chi connectivity index (χ1v) is 7.67. The van der Waals surface area contributed by atoms with Crippen molar-refractivity contribution in [3.05, 3.63) is 0 Å². The lowest BCUT2D eigenvalue weighted by molar-refractivity contribution is -0.122. The highest BCUT2D eigenvalue weighted by Gasteiger charge is 2.13. The van der Waals surface area contributed by atoms with E-state index in [1.165, 1.54) is 0 Å². The molecule has 0 aliphatic carbocycles. The maximum absolute atomic E-state index is 11.5. The number of carbonyl (C=O) groups is 2. The zero-order valence-electron chi connectivity index (χ0n) is 13.6. The lowest BCUT2D eigenvalue weighted by Gasteiger charge is -2.25. The van der Waals surface area contributed by atoms with E-state index >= 15 is 0 Å². The monoisotopic (exact) mass is 316 g/mol. The van der Waals surface area contributed by atoms with E-state index in [4.69, 9.17) is 9.47 Å². The summed E-state index contributed by atoms with van der Waals surface area (Å²) in [5.74, 6) is -0.0207. The first-order valence-electron chi connectivity index (χ1n) is 7.67. The fraction of sp³-hybridized carbons (Fsp3) is 0.857. The highest BCUT2D eigenvalue weighted by atomic mass is 16.5. The first kappa shape index (κ1) is 18.8. The summed E-state index contributed by atoms with van der Waals surface area (Å²) in [5.41, 5.74) is 0. The van der Waals surface area contributed by atoms with Gasteiger partial charge >= 0.3 is 0 Å². The van der Waals surface area contributed by atoms with Crippen LogP contribution in [0.25, 0.3) is 0 Å². The van der Waals surface area contributed by atoms with Gasteiger partial charge in [-0.15, -0.1) is 0 Å². The molecule has 0 aromatic rings. The van der Waals surface area contributed by atoms with Gasteiger partial charge in [-0.3, -0.25) is 19.4 Å². The first-order chi connectivity index (χ1) is 10.7. The van der Waals surface area contributed by atoms with Crippen molar-refractivity contribution in [2.75, 3.05) is 79.8 Å². The summed E-state index contributed by atoms with van der Waals surface area (Å²) in [6, 6.07) is 0. The van der Waals surface area contributed by atoms with Gasteiger partial charge in [-0.25, -0.2) is 0 Å². The quantitative estimate of drug-likeness (QED) is 0.632. The molecule has 0 unspecified atom stereocenters. The van der Waals surface area contributed by atoms with Gasteiger partial charge in [0.25, 0.3) is 0 Å². The predicted molar refractivity (Wildman–Crippen MR) is 82.7 cm³/mol. The van der Waals surface area contributed by atoms with Gasteiger partial charge in [-0.2, -0.15) is 0 Å². The van der Waals surface area contributed by atoms with Crippen LogP contribution >= 0.6 is 0 Å². The Morgan fingerprint density at radius 2 is 1.09 bits per heavy atom. The van der Waals surface area contributed by atoms with Crippen LogP contribution in [-0.4, -0.2) is 101 Å². The Kier molecular flexibility index (Phi) is 9.72. The van der Waals surface area contributed by atoms with E-state index in [0.29, 0.717) is 65.7 Å². The van der Waals surface area contributed by atoms with Crippen LogP contribution in [0, 0.1) is 0 Å². The lowest BCUT2D eigenvalue weighted by atomic mass is 10.4. The SMILES string of the molecule is CNC(=O)CN1CCOCCN(CC(=O)NC)CCOCC1. The third kappa shape index (κ3) is 8.28. The summed E-state index contributed by atoms with van der Waals surface area (Å²) in [7, 11) is 3.26. The number of hydrogen-bond acceptors (Lipinski definition) is 6. The lowest BCUT2D eigenvalue weighted by Crippen LogP contribution is -2.42. The summed E-state index contributed by atoms with van der Waals surface area (Å²) in [6.45, 7) is 5.69. The summed E-state index contributed by atoms with van der Waals surface area (Å²) in [6.07, 6.45) is 0. The summed E-state index contributed by atoms with van der Waals surface area (Å²) >= 11 is 0. The highest BCUT2D eigenvalue weighted by Crippen LogP contribution is 1.95. The van der Waals surface area contributed by atoms with Crippen LogP contribution in [-0.2, 0) is 19.1 Å². The summed E-state index contributed by atoms with van der Waals surface area (Å²) in [4.78, 5) is 26.9. The van der Waals surface area contributed by atoms with Crippen molar-refractivity contribution in [1.82, 2.24) is 20.4 Å². The van der Waals surface area contributed by atoms with Crippen molar-refractivity contribution in [2.45, 2.75) is 0 Å². The van der Waals surface area contributed by atoms with Crippen molar-refractivity contribution >= 4 is 11.8 Å². The Hall–Kier alpha value is -1.22. The second-order valence-electron chi connectivity index (χ2n) is 5.12. The van der Waals surface area contributed by atoms with Gasteiger partial charge in [0.05, 0.1) is 39.5 Å². The van der Waals surface area contributed by atoms with Gasteiger partial charge in [0.15, 0.2) is 0 Å². The number of nitrogens with zero attached hydrogens (tertiary/aromatic N) is 2. The average molecular weight is 316 g/mol. The van der Waals surface area contributed by atoms with E-state index in [1.54, 1.807) is 14.1 Å². The van der Waals surface area contributed by atoms with Crippen LogP contribution in [0.3, 0.4) is 0 Å². The maximum atomic E-state index is 11.5. The molecule has 8 nitrogen and oxygen atoms in total. The molecule has 0 spiro atoms. The van der Waals surface area contributed by atoms with E-state index in [0.717, 1.165) is 0 Å². The molecule has 0 saturated carbocycles. The van der Waals surface area contributed by atoms with Crippen LogP contribution in [0.15, 0.2) is 0 Å². The molecule has 2 amide bonds. The molecule has 8 heteroatoms. The molecule has 0 bridgehead atoms. The molecular formula is C14H28N4O4. The fourth-order valence-electron chi connectivity index (χ4n) is 2.08. The van der Waals surface area contributed by atoms with Crippen LogP contribution in [0.4, 0.5) is 0 Å². The Morgan fingerprint density at radius 1 is 0.773 bits per heavy atom. The van der Waals surface area contributed by atoms with Gasteiger partial charge in [0, 0.05) is 40.3 Å². The van der Waals surface area contributed by atoms with E-state index in [2.05, 4.69) is 10.6 Å². The number of nitrogens with one attached hydrogen (secondary N) is 2. The fourth-order valence-corrected chi connectivity index (χ4v) is 2.08. The summed E-state index contributed by atoms with van der Waals surface area (Å²) < 4.78 is 11.2. The van der Waals surface area contributed by atoms with Crippen LogP contribution in [0.5, 0.6) is 0 Å². The van der Waals surface area contributed by atoms with E-state index in [9.17, 15) is 9.59 Å². The minimum Gasteiger partial charge on any atom is -0.379 e. The Morgan fingerprint density at radius 3 is 1.36 bits per heavy atom. The standard InChI is InChI=1S/C14H28N4O4/c1-15-13(19)11-17-3-7-21-9-5-18(12-14(20)16-2)6-10-22-8-4-17/h3-12H2,1-2H3,(H,15,19)(H,16,20). The molecule has 0 aromatic heterocycles. The molecule has 0 aromatic carbocycles. The molecule has 1 heterocycles. The third-order valence-electron chi connectivity index (χ3n) is 3.50. The molecule has 1 rings (SSSR count). The maximum Gasteiger partial charge on any atom is 0.233 e. The smallest absolute Gasteiger partial charge is 0.233 e. The van der Waals surface area contributed by atoms with Gasteiger partial charge in [0.1, 0.15) is 0 Å². The van der Waals surface area contributed by atoms with Crippen LogP contribution in [0.1, 0.15) is 0 Å². The molecule has 1 aliphatic heterocycles. The Labute approximate surface area is 132 Å². The normalized spacial score (nSPS) is 19.7. The minimum atomic E-state index is -0.0103. The second-order valence-corrected chi connectivity index (χ2v) is 5.12. The highest BCUT2D eigenvalue weighted by molar-refractivity contribution is 5.77. The van der Waals surface area contributed by atoms with Crippen molar-refractivity contribution in [3.63, 3.8) is 0 Å². The minimum absolute atomic E-state index is 0.0103. The van der Waals surface area contributed by atoms with E-state index < -0.39 is 0 Å². The van der Waals surface area contributed by atoms with Gasteiger partial charge in [-0.1, -0.05) is 0 Å². The van der Waals surface area contributed by atoms with Crippen molar-refractivity contribution in [2.24, 2.45) is 0 Å². The molecule has 1 saturated heterocycles. The number of amides is 2. The third-order valence-corrected chi connectivity index (χ3v) is 3.50. The average Bonchev–Trinajstić information content (AvgIpc) is 2.51. The Balaban J connectivity index is 2.39. The Bertz CT molecular complexity index is 297. The van der Waals surface area contributed by atoms with E-state index in [-0.39, 0.29) is 11.8 Å². The topological polar surface area (TPSA) is 83.1 Å². The number of likely N-dealkylation sites (N-methyl/N-ethyl adjacent to an activating group) is 2. The molecular weight excluding hydrogens is 288 g/mol. The predicted octanol–water partition coefficient (Wildman–Crippen LogP) is -1.87. The molecule has 128 valence electrons. The second kappa shape index (κ2) is 11.4. The summed E-state index contributed by atoms with van der Waals surface area (Å²) in [5, 5.41) is 5.24. The van der Waals surface area contributed by atoms with Gasteiger partial charge < -0.3 is 20.1 Å². The molecule has 0 radical (unpaired) electrons. The molecule has 1 aliphatic rings. The van der Waals surface area contributed by atoms with E-state index in [1.807, 2.05) is 9.80 Å². The van der Waals surface area contributed by atoms with Crippen molar-refractivity contribution in [1.29, 1.82) is 0 Å².